The van der Waals surface area contributed by atoms with E-state index in [1.807, 2.05) is 6.92 Å². The van der Waals surface area contributed by atoms with Crippen molar-refractivity contribution in [1.29, 1.82) is 0 Å². The third-order valence-electron chi connectivity index (χ3n) is 1.80. The Hall–Kier alpha value is -0.740. The minimum absolute atomic E-state index is 0.272. The second kappa shape index (κ2) is 6.68. The number of hydrogen-bond donors (Lipinski definition) is 0. The van der Waals surface area contributed by atoms with Gasteiger partial charge in [0.1, 0.15) is 5.78 Å². The van der Waals surface area contributed by atoms with E-state index in [1.54, 1.807) is 11.7 Å². The molecule has 0 aliphatic heterocycles. The Balaban J connectivity index is 2.11. The van der Waals surface area contributed by atoms with Crippen molar-refractivity contribution in [2.75, 3.05) is 13.2 Å². The number of ketones is 1. The standard InChI is InChI=1S/C10H15NO2S/c1-2-13-5-3-4-9(12)6-10-7-11-8-14-10/h7-8H,2-6H2,1H3. The first-order valence-electron chi connectivity index (χ1n) is 4.79. The Morgan fingerprint density at radius 3 is 3.14 bits per heavy atom. The van der Waals surface area contributed by atoms with E-state index in [-0.39, 0.29) is 5.78 Å². The van der Waals surface area contributed by atoms with E-state index in [0.29, 0.717) is 19.4 Å². The van der Waals surface area contributed by atoms with Crippen LogP contribution in [0.5, 0.6) is 0 Å². The lowest BCUT2D eigenvalue weighted by Crippen LogP contribution is -2.03. The van der Waals surface area contributed by atoms with Gasteiger partial charge in [0.15, 0.2) is 0 Å². The van der Waals surface area contributed by atoms with E-state index in [2.05, 4.69) is 4.98 Å². The van der Waals surface area contributed by atoms with Gasteiger partial charge in [0, 0.05) is 37.1 Å². The number of carbonyl (C=O) groups is 1. The van der Waals surface area contributed by atoms with Crippen molar-refractivity contribution in [2.45, 2.75) is 26.2 Å². The van der Waals surface area contributed by atoms with Gasteiger partial charge in [-0.1, -0.05) is 0 Å². The monoisotopic (exact) mass is 213 g/mol. The van der Waals surface area contributed by atoms with Crippen molar-refractivity contribution >= 4 is 17.1 Å². The molecule has 4 heteroatoms. The molecular formula is C10H15NO2S. The van der Waals surface area contributed by atoms with Crippen LogP contribution in [-0.2, 0) is 16.0 Å². The Morgan fingerprint density at radius 2 is 2.50 bits per heavy atom. The summed E-state index contributed by atoms with van der Waals surface area (Å²) in [5, 5.41) is 0. The van der Waals surface area contributed by atoms with Crippen molar-refractivity contribution < 1.29 is 9.53 Å². The Kier molecular flexibility index (Phi) is 5.40. The van der Waals surface area contributed by atoms with Crippen LogP contribution in [0.3, 0.4) is 0 Å². The van der Waals surface area contributed by atoms with Gasteiger partial charge >= 0.3 is 0 Å². The van der Waals surface area contributed by atoms with Crippen LogP contribution in [0.4, 0.5) is 0 Å². The highest BCUT2D eigenvalue weighted by molar-refractivity contribution is 7.09. The zero-order valence-corrected chi connectivity index (χ0v) is 9.18. The lowest BCUT2D eigenvalue weighted by atomic mass is 10.1. The number of ether oxygens (including phenoxy) is 1. The summed E-state index contributed by atoms with van der Waals surface area (Å²) in [7, 11) is 0. The van der Waals surface area contributed by atoms with Gasteiger partial charge in [0.25, 0.3) is 0 Å². The van der Waals surface area contributed by atoms with E-state index in [1.165, 1.54) is 11.3 Å². The summed E-state index contributed by atoms with van der Waals surface area (Å²) in [5.74, 6) is 0.272. The highest BCUT2D eigenvalue weighted by atomic mass is 32.1. The van der Waals surface area contributed by atoms with Gasteiger partial charge in [0.2, 0.25) is 0 Å². The Bertz CT molecular complexity index is 259. The predicted octanol–water partition coefficient (Wildman–Crippen LogP) is 2.07. The van der Waals surface area contributed by atoms with Gasteiger partial charge in [-0.15, -0.1) is 11.3 Å². The first kappa shape index (κ1) is 11.3. The number of hydrogen-bond acceptors (Lipinski definition) is 4. The maximum Gasteiger partial charge on any atom is 0.138 e. The van der Waals surface area contributed by atoms with Gasteiger partial charge in [0.05, 0.1) is 5.51 Å². The van der Waals surface area contributed by atoms with Crippen molar-refractivity contribution in [3.63, 3.8) is 0 Å². The first-order valence-corrected chi connectivity index (χ1v) is 5.67. The average Bonchev–Trinajstić information content (AvgIpc) is 2.65. The van der Waals surface area contributed by atoms with Gasteiger partial charge in [-0.3, -0.25) is 9.78 Å². The average molecular weight is 213 g/mol. The molecule has 0 spiro atoms. The molecule has 0 saturated heterocycles. The van der Waals surface area contributed by atoms with E-state index >= 15 is 0 Å². The minimum atomic E-state index is 0.272. The Labute approximate surface area is 88.1 Å². The molecular weight excluding hydrogens is 198 g/mol. The lowest BCUT2D eigenvalue weighted by Gasteiger charge is -1.99. The SMILES string of the molecule is CCOCCCC(=O)Cc1cncs1. The van der Waals surface area contributed by atoms with E-state index < -0.39 is 0 Å². The molecule has 1 heterocycles. The van der Waals surface area contributed by atoms with Crippen LogP contribution in [0.2, 0.25) is 0 Å². The van der Waals surface area contributed by atoms with Crippen LogP contribution >= 0.6 is 11.3 Å². The molecule has 1 aromatic heterocycles. The van der Waals surface area contributed by atoms with Crippen LogP contribution in [0.15, 0.2) is 11.7 Å². The van der Waals surface area contributed by atoms with Crippen LogP contribution in [-0.4, -0.2) is 24.0 Å². The molecule has 0 aliphatic carbocycles. The molecule has 0 bridgehead atoms. The summed E-state index contributed by atoms with van der Waals surface area (Å²) >= 11 is 1.53. The second-order valence-electron chi connectivity index (χ2n) is 2.98. The summed E-state index contributed by atoms with van der Waals surface area (Å²) in [5.41, 5.74) is 1.75. The molecule has 0 atom stereocenters. The van der Waals surface area contributed by atoms with Gasteiger partial charge in [-0.05, 0) is 13.3 Å². The number of nitrogens with zero attached hydrogens (tertiary/aromatic N) is 1. The van der Waals surface area contributed by atoms with Crippen molar-refractivity contribution in [3.8, 4) is 0 Å². The fourth-order valence-electron chi connectivity index (χ4n) is 1.13. The maximum atomic E-state index is 11.4. The lowest BCUT2D eigenvalue weighted by molar-refractivity contribution is -0.118. The zero-order valence-electron chi connectivity index (χ0n) is 8.36. The number of rotatable bonds is 7. The van der Waals surface area contributed by atoms with E-state index in [9.17, 15) is 4.79 Å². The van der Waals surface area contributed by atoms with Crippen molar-refractivity contribution in [2.24, 2.45) is 0 Å². The molecule has 0 amide bonds. The maximum absolute atomic E-state index is 11.4. The molecule has 14 heavy (non-hydrogen) atoms. The number of aromatic nitrogens is 1. The molecule has 0 aliphatic rings. The summed E-state index contributed by atoms with van der Waals surface area (Å²) in [4.78, 5) is 16.4. The summed E-state index contributed by atoms with van der Waals surface area (Å²) < 4.78 is 5.16. The second-order valence-corrected chi connectivity index (χ2v) is 3.95. The van der Waals surface area contributed by atoms with Crippen LogP contribution in [0.25, 0.3) is 0 Å². The van der Waals surface area contributed by atoms with Crippen LogP contribution < -0.4 is 0 Å². The Morgan fingerprint density at radius 1 is 1.64 bits per heavy atom. The largest absolute Gasteiger partial charge is 0.382 e. The molecule has 0 fully saturated rings. The molecule has 0 saturated carbocycles. The molecule has 0 N–H and O–H groups in total. The molecule has 0 aromatic carbocycles. The number of carbonyl (C=O) groups excluding carboxylic acids is 1. The highest BCUT2D eigenvalue weighted by Crippen LogP contribution is 2.08. The smallest absolute Gasteiger partial charge is 0.138 e. The van der Waals surface area contributed by atoms with Crippen molar-refractivity contribution in [1.82, 2.24) is 4.98 Å². The quantitative estimate of drug-likeness (QED) is 0.651. The fourth-order valence-corrected chi connectivity index (χ4v) is 1.75. The summed E-state index contributed by atoms with van der Waals surface area (Å²) in [6, 6.07) is 0. The predicted molar refractivity (Wildman–Crippen MR) is 56.6 cm³/mol. The number of Topliss-reactive ketones (excluding diaryl/α,β-unsaturated/α-hetero) is 1. The van der Waals surface area contributed by atoms with Gasteiger partial charge in [-0.25, -0.2) is 0 Å². The first-order chi connectivity index (χ1) is 6.83. The summed E-state index contributed by atoms with van der Waals surface area (Å²) in [6.45, 7) is 3.37. The molecule has 0 radical (unpaired) electrons. The van der Waals surface area contributed by atoms with Crippen LogP contribution in [0.1, 0.15) is 24.6 Å². The molecule has 1 aromatic rings. The van der Waals surface area contributed by atoms with Gasteiger partial charge < -0.3 is 4.74 Å². The topological polar surface area (TPSA) is 39.2 Å². The fraction of sp³-hybridized carbons (Fsp3) is 0.600. The van der Waals surface area contributed by atoms with Crippen molar-refractivity contribution in [3.05, 3.63) is 16.6 Å². The van der Waals surface area contributed by atoms with Gasteiger partial charge in [-0.2, -0.15) is 0 Å². The minimum Gasteiger partial charge on any atom is -0.382 e. The number of thiazole rings is 1. The summed E-state index contributed by atoms with van der Waals surface area (Å²) in [6.07, 6.45) is 3.71. The van der Waals surface area contributed by atoms with E-state index in [4.69, 9.17) is 4.74 Å². The molecule has 1 rings (SSSR count). The normalized spacial score (nSPS) is 10.4. The van der Waals surface area contributed by atoms with E-state index in [0.717, 1.165) is 17.9 Å². The molecule has 0 unspecified atom stereocenters. The third-order valence-corrected chi connectivity index (χ3v) is 2.58. The highest BCUT2D eigenvalue weighted by Gasteiger charge is 2.04. The zero-order chi connectivity index (χ0) is 10.2. The van der Waals surface area contributed by atoms with Crippen LogP contribution in [0, 0.1) is 0 Å². The third kappa shape index (κ3) is 4.48. The molecule has 78 valence electrons. The molecule has 3 nitrogen and oxygen atoms in total.